The largest absolute Gasteiger partial charge is 0.480 e. The number of aliphatic carboxylic acids is 1. The second-order valence-corrected chi connectivity index (χ2v) is 19.6. The maximum atomic E-state index is 14.6. The lowest BCUT2D eigenvalue weighted by Crippen LogP contribution is -2.58. The molecule has 0 saturated heterocycles. The number of hydrogen-bond donors (Lipinski definition) is 9. The molecule has 1 saturated carbocycles. The van der Waals surface area contributed by atoms with E-state index in [9.17, 15) is 39.0 Å². The van der Waals surface area contributed by atoms with Crippen molar-refractivity contribution in [2.75, 3.05) is 6.54 Å². The Kier molecular flexibility index (Phi) is 22.5. The fourth-order valence-electron chi connectivity index (χ4n) is 8.69. The second kappa shape index (κ2) is 27.9. The second-order valence-electron chi connectivity index (χ2n) is 19.6. The number of benzene rings is 2. The molecule has 2 aromatic carbocycles. The average Bonchev–Trinajstić information content (AvgIpc) is 3.81. The monoisotopic (exact) mass is 945 g/mol. The molecular formula is C51H76N8O9. The number of imidazole rings is 1. The molecule has 17 heteroatoms. The number of carboxylic acids is 1. The van der Waals surface area contributed by atoms with Crippen molar-refractivity contribution < 1.29 is 43.7 Å². The molecule has 0 bridgehead atoms. The number of aromatic nitrogens is 2. The van der Waals surface area contributed by atoms with Gasteiger partial charge in [0.1, 0.15) is 29.8 Å². The number of aromatic amines is 1. The number of nitrogens with two attached hydrogens (primary N) is 1. The lowest BCUT2D eigenvalue weighted by Gasteiger charge is -2.33. The highest BCUT2D eigenvalue weighted by Gasteiger charge is 2.36. The van der Waals surface area contributed by atoms with Gasteiger partial charge < -0.3 is 52.3 Å². The van der Waals surface area contributed by atoms with Gasteiger partial charge in [0.25, 0.3) is 0 Å². The van der Waals surface area contributed by atoms with Crippen LogP contribution in [0.4, 0.5) is 4.79 Å². The summed E-state index contributed by atoms with van der Waals surface area (Å²) >= 11 is 0. The zero-order valence-electron chi connectivity index (χ0n) is 40.5. The topological polar surface area (TPSA) is 267 Å². The molecule has 1 aromatic heterocycles. The fraction of sp³-hybridized carbons (Fsp3) is 0.588. The normalized spacial score (nSPS) is 16.2. The van der Waals surface area contributed by atoms with E-state index in [1.165, 1.54) is 6.33 Å². The van der Waals surface area contributed by atoms with Crippen molar-refractivity contribution in [3.8, 4) is 0 Å². The van der Waals surface area contributed by atoms with E-state index in [-0.39, 0.29) is 43.9 Å². The van der Waals surface area contributed by atoms with Crippen molar-refractivity contribution in [2.24, 2.45) is 23.5 Å². The van der Waals surface area contributed by atoms with Gasteiger partial charge in [0.2, 0.25) is 23.6 Å². The summed E-state index contributed by atoms with van der Waals surface area (Å²) in [5.41, 5.74) is 6.99. The number of H-pyrrole nitrogens is 1. The highest BCUT2D eigenvalue weighted by Crippen LogP contribution is 2.30. The number of unbranched alkanes of at least 4 members (excludes halogenated alkanes) is 1. The summed E-state index contributed by atoms with van der Waals surface area (Å²) < 4.78 is 5.49. The Morgan fingerprint density at radius 3 is 1.85 bits per heavy atom. The lowest BCUT2D eigenvalue weighted by atomic mass is 9.81. The van der Waals surface area contributed by atoms with Gasteiger partial charge in [-0.15, -0.1) is 0 Å². The quantitative estimate of drug-likeness (QED) is 0.0466. The summed E-state index contributed by atoms with van der Waals surface area (Å²) in [6.07, 6.45) is 8.08. The van der Waals surface area contributed by atoms with Gasteiger partial charge in [-0.05, 0) is 88.8 Å². The fourth-order valence-corrected chi connectivity index (χ4v) is 8.69. The summed E-state index contributed by atoms with van der Waals surface area (Å²) in [6.45, 7) is 9.41. The van der Waals surface area contributed by atoms with Crippen molar-refractivity contribution >= 4 is 35.7 Å². The summed E-state index contributed by atoms with van der Waals surface area (Å²) in [5.74, 6) is -4.13. The lowest BCUT2D eigenvalue weighted by molar-refractivity contribution is -0.142. The summed E-state index contributed by atoms with van der Waals surface area (Å²) in [5, 5.41) is 36.4. The molecule has 68 heavy (non-hydrogen) atoms. The Bertz CT molecular complexity index is 2010. The van der Waals surface area contributed by atoms with Crippen molar-refractivity contribution in [3.05, 3.63) is 90.0 Å². The minimum absolute atomic E-state index is 0.00300. The van der Waals surface area contributed by atoms with Crippen LogP contribution in [0.5, 0.6) is 0 Å². The van der Waals surface area contributed by atoms with E-state index in [2.05, 4.69) is 36.6 Å². The molecule has 5 amide bonds. The predicted molar refractivity (Wildman–Crippen MR) is 259 cm³/mol. The number of nitrogens with one attached hydrogen (secondary N) is 6. The molecule has 1 heterocycles. The maximum Gasteiger partial charge on any atom is 0.408 e. The number of ether oxygens (including phenoxy) is 1. The molecule has 17 nitrogen and oxygen atoms in total. The molecule has 10 N–H and O–H groups in total. The molecule has 374 valence electrons. The molecule has 4 rings (SSSR count). The first-order valence-corrected chi connectivity index (χ1v) is 24.3. The third-order valence-corrected chi connectivity index (χ3v) is 12.1. The number of nitrogens with zero attached hydrogens (tertiary/aromatic N) is 1. The maximum absolute atomic E-state index is 14.6. The number of carboxylic acid groups (broad SMARTS) is 1. The number of rotatable bonds is 27. The number of amides is 5. The van der Waals surface area contributed by atoms with Gasteiger partial charge in [-0.1, -0.05) is 107 Å². The molecule has 0 radical (unpaired) electrons. The summed E-state index contributed by atoms with van der Waals surface area (Å²) in [6, 6.07) is 12.6. The van der Waals surface area contributed by atoms with E-state index in [1.54, 1.807) is 51.2 Å². The van der Waals surface area contributed by atoms with Crippen molar-refractivity contribution in [1.29, 1.82) is 0 Å². The molecule has 0 spiro atoms. The number of aliphatic hydroxyl groups excluding tert-OH is 1. The molecule has 1 unspecified atom stereocenters. The van der Waals surface area contributed by atoms with E-state index < -0.39 is 83.5 Å². The van der Waals surface area contributed by atoms with Gasteiger partial charge in [0.15, 0.2) is 0 Å². The number of hydrogen-bond acceptors (Lipinski definition) is 10. The average molecular weight is 945 g/mol. The zero-order valence-corrected chi connectivity index (χ0v) is 40.5. The highest BCUT2D eigenvalue weighted by atomic mass is 16.6. The first-order valence-electron chi connectivity index (χ1n) is 24.3. The molecule has 3 aromatic rings. The van der Waals surface area contributed by atoms with Crippen LogP contribution in [0.1, 0.15) is 122 Å². The van der Waals surface area contributed by atoms with E-state index >= 15 is 0 Å². The smallest absolute Gasteiger partial charge is 0.408 e. The van der Waals surface area contributed by atoms with Crippen LogP contribution in [0.2, 0.25) is 0 Å². The molecular weight excluding hydrogens is 869 g/mol. The zero-order chi connectivity index (χ0) is 49.6. The van der Waals surface area contributed by atoms with Gasteiger partial charge in [0, 0.05) is 37.1 Å². The van der Waals surface area contributed by atoms with Crippen LogP contribution in [0.3, 0.4) is 0 Å². The van der Waals surface area contributed by atoms with Gasteiger partial charge >= 0.3 is 12.1 Å². The van der Waals surface area contributed by atoms with Gasteiger partial charge in [0.05, 0.1) is 18.5 Å². The predicted octanol–water partition coefficient (Wildman–Crippen LogP) is 4.87. The van der Waals surface area contributed by atoms with Gasteiger partial charge in [-0.3, -0.25) is 19.2 Å². The minimum atomic E-state index is -1.24. The minimum Gasteiger partial charge on any atom is -0.480 e. The molecule has 1 aliphatic rings. The number of carbonyl (C=O) groups excluding carboxylic acids is 5. The van der Waals surface area contributed by atoms with Gasteiger partial charge in [-0.2, -0.15) is 0 Å². The number of aliphatic hydroxyl groups is 1. The Hall–Kier alpha value is -5.81. The first-order chi connectivity index (χ1) is 32.4. The highest BCUT2D eigenvalue weighted by molar-refractivity contribution is 5.92. The molecule has 1 aliphatic carbocycles. The molecule has 7 atom stereocenters. The van der Waals surface area contributed by atoms with Crippen molar-refractivity contribution in [1.82, 2.24) is 36.6 Å². The van der Waals surface area contributed by atoms with Crippen LogP contribution in [0.15, 0.2) is 73.2 Å². The number of alkyl carbamates (subject to hydrolysis) is 1. The van der Waals surface area contributed by atoms with E-state index in [1.807, 2.05) is 50.2 Å². The van der Waals surface area contributed by atoms with Crippen LogP contribution >= 0.6 is 0 Å². The summed E-state index contributed by atoms with van der Waals surface area (Å²) in [4.78, 5) is 89.4. The Balaban J connectivity index is 1.58. The SMILES string of the molecule is CC(C)C[C@H](CC(O)[C@H](CC1CCCCC1)NC(=O)[C@H](Cc1cnc[nH]1)NC(=O)[C@H](Cc1ccccc1)NC(=O)OC(C)(C)C)C(=O)N[C@@H](CCCCN)C(=O)N[C@@H](Cc1ccccc1)C(=O)O. The Labute approximate surface area is 401 Å². The van der Waals surface area contributed by atoms with Crippen LogP contribution < -0.4 is 32.3 Å². The molecule has 0 aliphatic heterocycles. The van der Waals surface area contributed by atoms with Gasteiger partial charge in [-0.25, -0.2) is 14.6 Å². The first kappa shape index (κ1) is 54.8. The standard InChI is InChI=1S/C51H76N8O9/c1-33(2)25-37(45(61)55-39(23-15-16-24-52)46(62)58-43(49(65)66)28-36-21-13-8-14-22-36)29-44(60)40(26-34-17-9-6-10-18-34)56-48(64)42(30-38-31-53-32-54-38)57-47(63)41(27-35-19-11-7-12-20-35)59-50(67)68-51(3,4)5/h7-8,11-14,19-22,31-34,37,39-44,60H,6,9-10,15-18,23-30,52H2,1-5H3,(H,53,54)(H,55,61)(H,56,64)(H,57,63)(H,58,62)(H,59,67)(H,65,66)/t37-,39+,40+,41+,42+,43+,44?/m1/s1. The van der Waals surface area contributed by atoms with Crippen molar-refractivity contribution in [2.45, 2.75) is 166 Å². The Morgan fingerprint density at radius 1 is 0.735 bits per heavy atom. The third-order valence-electron chi connectivity index (χ3n) is 12.1. The molecule has 1 fully saturated rings. The van der Waals surface area contributed by atoms with E-state index in [4.69, 9.17) is 10.5 Å². The van der Waals surface area contributed by atoms with Crippen LogP contribution in [0, 0.1) is 17.8 Å². The third kappa shape index (κ3) is 19.8. The van der Waals surface area contributed by atoms with Crippen LogP contribution in [0.25, 0.3) is 0 Å². The van der Waals surface area contributed by atoms with Crippen LogP contribution in [-0.2, 0) is 48.0 Å². The van der Waals surface area contributed by atoms with E-state index in [0.717, 1.165) is 43.2 Å². The number of carbonyl (C=O) groups is 6. The Morgan fingerprint density at radius 2 is 1.29 bits per heavy atom. The summed E-state index contributed by atoms with van der Waals surface area (Å²) in [7, 11) is 0. The van der Waals surface area contributed by atoms with E-state index in [0.29, 0.717) is 37.9 Å². The van der Waals surface area contributed by atoms with Crippen molar-refractivity contribution in [3.63, 3.8) is 0 Å². The van der Waals surface area contributed by atoms with Crippen LogP contribution in [-0.4, -0.2) is 104 Å².